The van der Waals surface area contributed by atoms with Crippen molar-refractivity contribution in [2.24, 2.45) is 0 Å². The van der Waals surface area contributed by atoms with Gasteiger partial charge >= 0.3 is 0 Å². The predicted molar refractivity (Wildman–Crippen MR) is 104 cm³/mol. The number of aliphatic hydroxyl groups is 1. The van der Waals surface area contributed by atoms with Crippen molar-refractivity contribution in [2.75, 3.05) is 106 Å². The summed E-state index contributed by atoms with van der Waals surface area (Å²) in [7, 11) is 0. The lowest BCUT2D eigenvalue weighted by molar-refractivity contribution is -0.0260. The van der Waals surface area contributed by atoms with Crippen LogP contribution >= 0.6 is 0 Å². The molecule has 0 aliphatic heterocycles. The van der Waals surface area contributed by atoms with E-state index in [-0.39, 0.29) is 12.7 Å². The van der Waals surface area contributed by atoms with Crippen LogP contribution in [0.3, 0.4) is 0 Å². The van der Waals surface area contributed by atoms with Crippen molar-refractivity contribution in [2.45, 2.75) is 20.0 Å². The van der Waals surface area contributed by atoms with Gasteiger partial charge in [0.15, 0.2) is 0 Å². The largest absolute Gasteiger partial charge is 0.394 e. The second kappa shape index (κ2) is 24.7. The van der Waals surface area contributed by atoms with Crippen LogP contribution in [-0.2, 0) is 37.9 Å². The first-order chi connectivity index (χ1) is 13.8. The third-order valence-corrected chi connectivity index (χ3v) is 3.15. The molecule has 0 spiro atoms. The molecule has 0 bridgehead atoms. The second-order valence-corrected chi connectivity index (χ2v) is 5.93. The molecule has 0 heterocycles. The highest BCUT2D eigenvalue weighted by Crippen LogP contribution is 1.88. The van der Waals surface area contributed by atoms with Crippen molar-refractivity contribution in [3.05, 3.63) is 0 Å². The Morgan fingerprint density at radius 2 is 0.679 bits per heavy atom. The van der Waals surface area contributed by atoms with Crippen LogP contribution in [0.4, 0.5) is 0 Å². The standard InChI is InChI=1S/C19H40O9/c1-19(2)28-18-17-27-16-15-26-14-13-25-12-11-24-10-9-23-8-7-22-6-5-21-4-3-20/h19-20H,3-18H2,1-2H3. The average Bonchev–Trinajstić information content (AvgIpc) is 2.68. The van der Waals surface area contributed by atoms with Crippen molar-refractivity contribution < 1.29 is 43.0 Å². The summed E-state index contributed by atoms with van der Waals surface area (Å²) in [6.07, 6.45) is 0.238. The van der Waals surface area contributed by atoms with Gasteiger partial charge in [0, 0.05) is 0 Å². The molecule has 9 heteroatoms. The molecule has 170 valence electrons. The average molecular weight is 413 g/mol. The summed E-state index contributed by atoms with van der Waals surface area (Å²) in [6, 6.07) is 0. The van der Waals surface area contributed by atoms with Gasteiger partial charge in [0.2, 0.25) is 0 Å². The fraction of sp³-hybridized carbons (Fsp3) is 1.00. The molecule has 0 radical (unpaired) electrons. The Hall–Kier alpha value is -0.360. The van der Waals surface area contributed by atoms with E-state index in [2.05, 4.69) is 0 Å². The SMILES string of the molecule is CC(C)OCCOCCOCCOCCOCCOCCOCCOCCO. The first-order valence-corrected chi connectivity index (χ1v) is 10.0. The molecule has 0 aliphatic carbocycles. The van der Waals surface area contributed by atoms with E-state index in [0.29, 0.717) is 99.1 Å². The minimum atomic E-state index is 0.0344. The predicted octanol–water partition coefficient (Wildman–Crippen LogP) is 0.520. The van der Waals surface area contributed by atoms with Crippen molar-refractivity contribution in [1.82, 2.24) is 0 Å². The first kappa shape index (κ1) is 27.6. The zero-order chi connectivity index (χ0) is 20.5. The Labute approximate surface area is 169 Å². The minimum absolute atomic E-state index is 0.0344. The van der Waals surface area contributed by atoms with Gasteiger partial charge in [0.25, 0.3) is 0 Å². The third kappa shape index (κ3) is 25.6. The monoisotopic (exact) mass is 412 g/mol. The molecular weight excluding hydrogens is 372 g/mol. The van der Waals surface area contributed by atoms with E-state index < -0.39 is 0 Å². The minimum Gasteiger partial charge on any atom is -0.394 e. The molecular formula is C19H40O9. The molecule has 1 N–H and O–H groups in total. The van der Waals surface area contributed by atoms with Gasteiger partial charge in [-0.1, -0.05) is 0 Å². The van der Waals surface area contributed by atoms with Crippen LogP contribution in [0.5, 0.6) is 0 Å². The van der Waals surface area contributed by atoms with Crippen molar-refractivity contribution in [1.29, 1.82) is 0 Å². The molecule has 0 rings (SSSR count). The summed E-state index contributed by atoms with van der Waals surface area (Å²) in [5, 5.41) is 8.53. The lowest BCUT2D eigenvalue weighted by Crippen LogP contribution is -2.15. The van der Waals surface area contributed by atoms with Crippen molar-refractivity contribution in [3.8, 4) is 0 Å². The Balaban J connectivity index is 2.98. The van der Waals surface area contributed by atoms with Crippen molar-refractivity contribution in [3.63, 3.8) is 0 Å². The summed E-state index contributed by atoms with van der Waals surface area (Å²) in [5.74, 6) is 0. The van der Waals surface area contributed by atoms with Crippen molar-refractivity contribution >= 4 is 0 Å². The topological polar surface area (TPSA) is 94.1 Å². The molecule has 0 aliphatic rings. The van der Waals surface area contributed by atoms with Gasteiger partial charge in [-0.05, 0) is 13.8 Å². The summed E-state index contributed by atoms with van der Waals surface area (Å²) in [5.41, 5.74) is 0. The third-order valence-electron chi connectivity index (χ3n) is 3.15. The van der Waals surface area contributed by atoms with Crippen LogP contribution in [0.2, 0.25) is 0 Å². The molecule has 28 heavy (non-hydrogen) atoms. The summed E-state index contributed by atoms with van der Waals surface area (Å²) < 4.78 is 42.7. The van der Waals surface area contributed by atoms with Crippen LogP contribution < -0.4 is 0 Å². The fourth-order valence-electron chi connectivity index (χ4n) is 1.83. The molecule has 0 aromatic heterocycles. The van der Waals surface area contributed by atoms with Gasteiger partial charge in [0.05, 0.1) is 112 Å². The molecule has 0 atom stereocenters. The van der Waals surface area contributed by atoms with Crippen LogP contribution in [0.15, 0.2) is 0 Å². The Kier molecular flexibility index (Phi) is 24.4. The molecule has 0 unspecified atom stereocenters. The van der Waals surface area contributed by atoms with Gasteiger partial charge in [-0.15, -0.1) is 0 Å². The van der Waals surface area contributed by atoms with Gasteiger partial charge in [-0.25, -0.2) is 0 Å². The maximum Gasteiger partial charge on any atom is 0.0703 e. The maximum atomic E-state index is 8.53. The van der Waals surface area contributed by atoms with E-state index in [1.165, 1.54) is 0 Å². The number of rotatable bonds is 24. The zero-order valence-corrected chi connectivity index (χ0v) is 17.6. The van der Waals surface area contributed by atoms with Crippen LogP contribution in [0.25, 0.3) is 0 Å². The zero-order valence-electron chi connectivity index (χ0n) is 17.6. The van der Waals surface area contributed by atoms with Crippen LogP contribution in [0.1, 0.15) is 13.8 Å². The smallest absolute Gasteiger partial charge is 0.0703 e. The molecule has 0 fully saturated rings. The van der Waals surface area contributed by atoms with Gasteiger partial charge in [0.1, 0.15) is 0 Å². The molecule has 0 saturated heterocycles. The van der Waals surface area contributed by atoms with Crippen LogP contribution in [-0.4, -0.2) is 117 Å². The normalized spacial score (nSPS) is 11.6. The van der Waals surface area contributed by atoms with E-state index in [0.717, 1.165) is 0 Å². The number of hydrogen-bond acceptors (Lipinski definition) is 9. The van der Waals surface area contributed by atoms with E-state index in [4.69, 9.17) is 43.0 Å². The summed E-state index contributed by atoms with van der Waals surface area (Å²) in [6.45, 7) is 11.9. The summed E-state index contributed by atoms with van der Waals surface area (Å²) in [4.78, 5) is 0. The van der Waals surface area contributed by atoms with Gasteiger partial charge < -0.3 is 43.0 Å². The van der Waals surface area contributed by atoms with E-state index in [1.807, 2.05) is 13.8 Å². The fourth-order valence-corrected chi connectivity index (χ4v) is 1.83. The van der Waals surface area contributed by atoms with E-state index in [1.54, 1.807) is 0 Å². The summed E-state index contributed by atoms with van der Waals surface area (Å²) >= 11 is 0. The lowest BCUT2D eigenvalue weighted by atomic mass is 10.5. The molecule has 0 saturated carbocycles. The number of aliphatic hydroxyl groups excluding tert-OH is 1. The Morgan fingerprint density at radius 1 is 0.429 bits per heavy atom. The maximum absolute atomic E-state index is 8.53. The number of ether oxygens (including phenoxy) is 8. The molecule has 0 amide bonds. The molecule has 9 nitrogen and oxygen atoms in total. The Morgan fingerprint density at radius 3 is 0.929 bits per heavy atom. The second-order valence-electron chi connectivity index (χ2n) is 5.93. The first-order valence-electron chi connectivity index (χ1n) is 10.0. The molecule has 0 aromatic carbocycles. The highest BCUT2D eigenvalue weighted by atomic mass is 16.6. The molecule has 0 aromatic rings. The van der Waals surface area contributed by atoms with Crippen LogP contribution in [0, 0.1) is 0 Å². The quantitative estimate of drug-likeness (QED) is 0.228. The lowest BCUT2D eigenvalue weighted by Gasteiger charge is -2.09. The van der Waals surface area contributed by atoms with Gasteiger partial charge in [-0.2, -0.15) is 0 Å². The number of hydrogen-bond donors (Lipinski definition) is 1. The highest BCUT2D eigenvalue weighted by molar-refractivity contribution is 4.39. The van der Waals surface area contributed by atoms with E-state index >= 15 is 0 Å². The highest BCUT2D eigenvalue weighted by Gasteiger charge is 1.95. The van der Waals surface area contributed by atoms with Gasteiger partial charge in [-0.3, -0.25) is 0 Å². The Bertz CT molecular complexity index is 280. The van der Waals surface area contributed by atoms with E-state index in [9.17, 15) is 0 Å².